The van der Waals surface area contributed by atoms with Crippen molar-refractivity contribution in [1.29, 1.82) is 0 Å². The van der Waals surface area contributed by atoms with E-state index in [-0.39, 0.29) is 107 Å². The monoisotopic (exact) mass is 1450 g/mol. The molecule has 0 saturated carbocycles. The highest BCUT2D eigenvalue weighted by atomic mass is 33.1. The van der Waals surface area contributed by atoms with Gasteiger partial charge in [0.1, 0.15) is 71.9 Å². The van der Waals surface area contributed by atoms with E-state index in [9.17, 15) is 72.5 Å². The molecular formula is C68H91N15O17S2. The molecule has 3 fully saturated rings. The lowest BCUT2D eigenvalue weighted by Crippen LogP contribution is -2.61. The van der Waals surface area contributed by atoms with Gasteiger partial charge in [-0.05, 0) is 97.9 Å². The highest BCUT2D eigenvalue weighted by molar-refractivity contribution is 8.76. The summed E-state index contributed by atoms with van der Waals surface area (Å²) >= 11 is 0. The van der Waals surface area contributed by atoms with Crippen LogP contribution in [0.25, 0.3) is 10.9 Å². The Morgan fingerprint density at radius 2 is 1.32 bits per heavy atom. The molecular weight excluding hydrogens is 1360 g/mol. The van der Waals surface area contributed by atoms with Crippen LogP contribution in [0.5, 0.6) is 11.5 Å². The van der Waals surface area contributed by atoms with Crippen molar-refractivity contribution in [1.82, 2.24) is 68.4 Å². The molecule has 3 aliphatic heterocycles. The molecule has 3 saturated heterocycles. The van der Waals surface area contributed by atoms with Gasteiger partial charge in [0.15, 0.2) is 0 Å². The van der Waals surface area contributed by atoms with E-state index < -0.39 is 169 Å². The van der Waals surface area contributed by atoms with Gasteiger partial charge in [0.2, 0.25) is 76.8 Å². The first kappa shape index (κ1) is 79.4. The molecule has 0 unspecified atom stereocenters. The summed E-state index contributed by atoms with van der Waals surface area (Å²) in [6, 6.07) is 4.65. The lowest BCUT2D eigenvalue weighted by Gasteiger charge is -2.29. The number of methoxy groups -OCH3 is 1. The Labute approximate surface area is 596 Å². The standard InChI is InChI=1S/C68H91N15O17S2/c1-37(2)58-68(99)79-49(32-39-15-19-42(100-3)20-16-39)63(94)76-46-21-23-54(85)71-28-7-6-11-45(75-65(96)50(33-40-34-73-44-10-5-4-9-43(40)44)77-62(93)47(22-24-57(88)89)74-55(86)26-29-72-60(46)91)61(92)80-51(59(70)90)35-101-102-36-52(66(97)82-58)81-64(95)48(31-38-13-17-41(84)18-14-38)78-67(98)53-12-8-30-83(53)56(87)25-27-69/h4-5,9-10,13-20,34,37,45-53,58,73,84H,6-8,11-12,21-33,35-36,69H2,1-3H3,(H2,70,90)(H,71,85)(H,72,91)(H,74,86)(H,75,96)(H,76,94)(H,77,93)(H,78,98)(H,79,99)(H,80,92)(H,81,95)(H,82,97)(H,88,89)/t45-,46-,47-,48+,49+,50+,51+,52+,53-,58+/m0/s1. The number of hydrogen-bond donors (Lipinski definition) is 16. The van der Waals surface area contributed by atoms with E-state index in [1.165, 1.54) is 36.3 Å². The van der Waals surface area contributed by atoms with Crippen molar-refractivity contribution < 1.29 is 82.1 Å². The number of nitrogens with zero attached hydrogens (tertiary/aromatic N) is 1. The van der Waals surface area contributed by atoms with Crippen LogP contribution in [-0.4, -0.2) is 208 Å². The number of ether oxygens (including phenoxy) is 1. The normalized spacial score (nSPS) is 23.5. The van der Waals surface area contributed by atoms with Crippen LogP contribution in [0.15, 0.2) is 79.0 Å². The predicted octanol–water partition coefficient (Wildman–Crippen LogP) is -1.40. The van der Waals surface area contributed by atoms with E-state index in [4.69, 9.17) is 16.2 Å². The van der Waals surface area contributed by atoms with E-state index in [2.05, 4.69) is 63.5 Å². The van der Waals surface area contributed by atoms with E-state index in [0.717, 1.165) is 21.6 Å². The van der Waals surface area contributed by atoms with Gasteiger partial charge in [-0.15, -0.1) is 0 Å². The molecule has 10 atom stereocenters. The van der Waals surface area contributed by atoms with Gasteiger partial charge in [-0.3, -0.25) is 67.1 Å². The number of phenols is 1. The lowest BCUT2D eigenvalue weighted by atomic mass is 10.00. The quantitative estimate of drug-likeness (QED) is 0.0510. The number of carbonyl (C=O) groups is 14. The summed E-state index contributed by atoms with van der Waals surface area (Å²) in [7, 11) is 3.29. The van der Waals surface area contributed by atoms with Crippen LogP contribution in [0.3, 0.4) is 0 Å². The topological polar surface area (TPSA) is 492 Å². The van der Waals surface area contributed by atoms with Gasteiger partial charge in [0.25, 0.3) is 0 Å². The number of carboxylic acid groups (broad SMARTS) is 1. The number of carbonyl (C=O) groups excluding carboxylic acids is 13. The molecule has 3 aliphatic rings. The molecule has 552 valence electrons. The van der Waals surface area contributed by atoms with Crippen molar-refractivity contribution in [3.05, 3.63) is 95.7 Å². The smallest absolute Gasteiger partial charge is 0.303 e. The molecule has 1 aromatic heterocycles. The Kier molecular flexibility index (Phi) is 30.6. The van der Waals surface area contributed by atoms with Gasteiger partial charge < -0.3 is 94.8 Å². The van der Waals surface area contributed by atoms with Gasteiger partial charge in [-0.1, -0.05) is 77.9 Å². The third kappa shape index (κ3) is 24.1. The predicted molar refractivity (Wildman–Crippen MR) is 376 cm³/mol. The number of aromatic nitrogens is 1. The Bertz CT molecular complexity index is 3660. The summed E-state index contributed by atoms with van der Waals surface area (Å²) in [6.07, 6.45) is -0.531. The number of hydrogen-bond acceptors (Lipinski definition) is 19. The molecule has 0 spiro atoms. The number of nitrogens with two attached hydrogens (primary N) is 2. The number of phenolic OH excluding ortho intramolecular Hbond substituents is 1. The second-order valence-corrected chi connectivity index (χ2v) is 27.9. The van der Waals surface area contributed by atoms with Crippen LogP contribution in [-0.2, 0) is 86.4 Å². The molecule has 7 rings (SSSR count). The number of carboxylic acids is 1. The van der Waals surface area contributed by atoms with Crippen molar-refractivity contribution in [2.24, 2.45) is 17.4 Å². The Hall–Kier alpha value is -9.96. The van der Waals surface area contributed by atoms with Crippen molar-refractivity contribution in [3.63, 3.8) is 0 Å². The fourth-order valence-corrected chi connectivity index (χ4v) is 14.1. The molecule has 34 heteroatoms. The SMILES string of the molecule is COc1ccc(C[C@H]2NC(=O)[C@@H](C(C)C)NC(=O)[C@H](NC(=O)[C@@H](Cc3ccc(O)cc3)NC(=O)[C@@H]3CCCN3C(=O)CCN)CSSC[C@H](C(N)=O)NC(=O)[C@@H]3CCCCNC(=O)CC[C@H](NC2=O)C(=O)NCCC(=O)N[C@@H](CCC(=O)O)C(=O)N[C@H](Cc2c[nH]c4ccccc24)C(=O)N3)cc1. The van der Waals surface area contributed by atoms with E-state index >= 15 is 4.79 Å². The maximum absolute atomic E-state index is 15.0. The zero-order valence-corrected chi connectivity index (χ0v) is 58.6. The van der Waals surface area contributed by atoms with Gasteiger partial charge in [-0.2, -0.15) is 0 Å². The fourth-order valence-electron chi connectivity index (χ4n) is 11.7. The Morgan fingerprint density at radius 3 is 2.01 bits per heavy atom. The Balaban J connectivity index is 1.28. The highest BCUT2D eigenvalue weighted by Crippen LogP contribution is 2.26. The lowest BCUT2D eigenvalue weighted by molar-refractivity contribution is -0.139. The van der Waals surface area contributed by atoms with Crippen molar-refractivity contribution in [3.8, 4) is 11.5 Å². The molecule has 4 aromatic rings. The van der Waals surface area contributed by atoms with E-state index in [1.807, 2.05) is 0 Å². The minimum Gasteiger partial charge on any atom is -0.508 e. The number of rotatable bonds is 18. The minimum atomic E-state index is -1.59. The van der Waals surface area contributed by atoms with Gasteiger partial charge >= 0.3 is 5.97 Å². The number of aliphatic carboxylic acids is 1. The number of primary amides is 1. The highest BCUT2D eigenvalue weighted by Gasteiger charge is 2.39. The van der Waals surface area contributed by atoms with E-state index in [1.54, 1.807) is 68.6 Å². The van der Waals surface area contributed by atoms with Crippen LogP contribution in [0.1, 0.15) is 101 Å². The molecule has 13 amide bonds. The second kappa shape index (κ2) is 39.3. The van der Waals surface area contributed by atoms with E-state index in [0.29, 0.717) is 39.8 Å². The van der Waals surface area contributed by atoms with Crippen LogP contribution < -0.4 is 74.7 Å². The number of nitrogens with one attached hydrogen (secondary N) is 12. The second-order valence-electron chi connectivity index (χ2n) is 25.4. The summed E-state index contributed by atoms with van der Waals surface area (Å²) in [5, 5.41) is 50.0. The molecule has 4 heterocycles. The first-order valence-corrected chi connectivity index (χ1v) is 36.3. The summed E-state index contributed by atoms with van der Waals surface area (Å²) in [5.74, 6) is -13.3. The summed E-state index contributed by atoms with van der Waals surface area (Å²) in [5.41, 5.74) is 13.8. The van der Waals surface area contributed by atoms with Crippen LogP contribution in [0, 0.1) is 5.92 Å². The third-order valence-corrected chi connectivity index (χ3v) is 19.8. The molecule has 0 aliphatic carbocycles. The number of fused-ring (bicyclic) bond motifs is 10. The number of H-pyrrole nitrogens is 1. The zero-order chi connectivity index (χ0) is 74.0. The fraction of sp³-hybridized carbons (Fsp3) is 0.500. The van der Waals surface area contributed by atoms with Crippen molar-refractivity contribution >= 4 is 115 Å². The average Bonchev–Trinajstić information content (AvgIpc) is 1.75. The maximum atomic E-state index is 15.0. The van der Waals surface area contributed by atoms with Crippen molar-refractivity contribution in [2.75, 3.05) is 44.8 Å². The first-order valence-electron chi connectivity index (χ1n) is 33.8. The number of aromatic amines is 1. The summed E-state index contributed by atoms with van der Waals surface area (Å²) < 4.78 is 5.34. The van der Waals surface area contributed by atoms with Crippen molar-refractivity contribution in [2.45, 2.75) is 164 Å². The number of amides is 13. The van der Waals surface area contributed by atoms with Crippen LogP contribution in [0.4, 0.5) is 0 Å². The number of likely N-dealkylation sites (tertiary alicyclic amines) is 1. The summed E-state index contributed by atoms with van der Waals surface area (Å²) in [4.78, 5) is 203. The Morgan fingerprint density at radius 1 is 0.657 bits per heavy atom. The number of para-hydroxylation sites is 1. The third-order valence-electron chi connectivity index (χ3n) is 17.4. The molecule has 2 bridgehead atoms. The van der Waals surface area contributed by atoms with Gasteiger partial charge in [0.05, 0.1) is 7.11 Å². The molecule has 32 nitrogen and oxygen atoms in total. The largest absolute Gasteiger partial charge is 0.508 e. The van der Waals surface area contributed by atoms with Gasteiger partial charge in [0, 0.05) is 99.7 Å². The number of benzene rings is 3. The summed E-state index contributed by atoms with van der Waals surface area (Å²) in [6.45, 7) is 3.03. The van der Waals surface area contributed by atoms with Crippen LogP contribution in [0.2, 0.25) is 0 Å². The molecule has 102 heavy (non-hydrogen) atoms. The molecule has 18 N–H and O–H groups in total. The molecule has 3 aromatic carbocycles. The maximum Gasteiger partial charge on any atom is 0.303 e. The van der Waals surface area contributed by atoms with Gasteiger partial charge in [-0.25, -0.2) is 0 Å². The first-order chi connectivity index (χ1) is 48.8. The molecule has 0 radical (unpaired) electrons. The van der Waals surface area contributed by atoms with Crippen LogP contribution >= 0.6 is 21.6 Å². The zero-order valence-electron chi connectivity index (χ0n) is 56.9. The number of aromatic hydroxyl groups is 1. The average molecular weight is 1450 g/mol. The minimum absolute atomic E-state index is 0.00385.